The number of thiazole rings is 1. The van der Waals surface area contributed by atoms with E-state index in [4.69, 9.17) is 0 Å². The van der Waals surface area contributed by atoms with E-state index in [2.05, 4.69) is 48.4 Å². The van der Waals surface area contributed by atoms with E-state index in [-0.39, 0.29) is 0 Å². The molecular weight excluding hydrogens is 326 g/mol. The minimum Gasteiger partial charge on any atom is -0.369 e. The lowest BCUT2D eigenvalue weighted by molar-refractivity contribution is 0.790. The van der Waals surface area contributed by atoms with Crippen LogP contribution in [0, 0.1) is 0 Å². The fourth-order valence-electron chi connectivity index (χ4n) is 1.60. The van der Waals surface area contributed by atoms with Crippen LogP contribution in [-0.2, 0) is 0 Å². The van der Waals surface area contributed by atoms with Gasteiger partial charge in [-0.25, -0.2) is 15.0 Å². The third kappa shape index (κ3) is 3.63. The Morgan fingerprint density at radius 1 is 1.26 bits per heavy atom. The third-order valence-corrected chi connectivity index (χ3v) is 4.34. The first kappa shape index (κ1) is 14.2. The van der Waals surface area contributed by atoms with Crippen molar-refractivity contribution in [2.75, 3.05) is 23.7 Å². The Balaban J connectivity index is 2.01. The SMILES string of the molecule is CCNc1ncnc(NCC(C)c2nccs2)c1Br. The summed E-state index contributed by atoms with van der Waals surface area (Å²) in [6.07, 6.45) is 3.39. The average Bonchev–Trinajstić information content (AvgIpc) is 2.94. The summed E-state index contributed by atoms with van der Waals surface area (Å²) < 4.78 is 0.864. The van der Waals surface area contributed by atoms with Crippen LogP contribution in [0.4, 0.5) is 11.6 Å². The highest BCUT2D eigenvalue weighted by molar-refractivity contribution is 9.10. The molecule has 1 unspecified atom stereocenters. The van der Waals surface area contributed by atoms with Crippen molar-refractivity contribution in [2.45, 2.75) is 19.8 Å². The molecule has 2 aromatic rings. The maximum absolute atomic E-state index is 4.32. The van der Waals surface area contributed by atoms with Crippen LogP contribution in [0.5, 0.6) is 0 Å². The number of halogens is 1. The van der Waals surface area contributed by atoms with Crippen molar-refractivity contribution in [3.63, 3.8) is 0 Å². The second-order valence-corrected chi connectivity index (χ2v) is 5.79. The summed E-state index contributed by atoms with van der Waals surface area (Å²) in [5, 5.41) is 9.64. The topological polar surface area (TPSA) is 62.7 Å². The van der Waals surface area contributed by atoms with Crippen LogP contribution in [0.1, 0.15) is 24.8 Å². The Morgan fingerprint density at radius 2 is 2.00 bits per heavy atom. The van der Waals surface area contributed by atoms with Crippen LogP contribution in [0.2, 0.25) is 0 Å². The molecule has 5 nitrogen and oxygen atoms in total. The highest BCUT2D eigenvalue weighted by atomic mass is 79.9. The van der Waals surface area contributed by atoms with Crippen molar-refractivity contribution in [1.29, 1.82) is 0 Å². The van der Waals surface area contributed by atoms with E-state index in [9.17, 15) is 0 Å². The Bertz CT molecular complexity index is 517. The number of aromatic nitrogens is 3. The smallest absolute Gasteiger partial charge is 0.145 e. The number of hydrogen-bond acceptors (Lipinski definition) is 6. The molecule has 2 aromatic heterocycles. The van der Waals surface area contributed by atoms with Crippen molar-refractivity contribution in [3.8, 4) is 0 Å². The van der Waals surface area contributed by atoms with Gasteiger partial charge < -0.3 is 10.6 Å². The molecule has 102 valence electrons. The molecule has 0 aliphatic carbocycles. The number of nitrogens with one attached hydrogen (secondary N) is 2. The van der Waals surface area contributed by atoms with Crippen molar-refractivity contribution >= 4 is 38.9 Å². The number of nitrogens with zero attached hydrogens (tertiary/aromatic N) is 3. The van der Waals surface area contributed by atoms with Gasteiger partial charge >= 0.3 is 0 Å². The molecule has 0 saturated carbocycles. The van der Waals surface area contributed by atoms with E-state index in [1.807, 2.05) is 18.5 Å². The van der Waals surface area contributed by atoms with Gasteiger partial charge in [-0.2, -0.15) is 0 Å². The molecule has 7 heteroatoms. The Labute approximate surface area is 125 Å². The summed E-state index contributed by atoms with van der Waals surface area (Å²) in [7, 11) is 0. The normalized spacial score (nSPS) is 12.2. The van der Waals surface area contributed by atoms with Gasteiger partial charge in [0.1, 0.15) is 22.4 Å². The zero-order chi connectivity index (χ0) is 13.7. The lowest BCUT2D eigenvalue weighted by Gasteiger charge is -2.13. The molecule has 0 radical (unpaired) electrons. The van der Waals surface area contributed by atoms with Crippen LogP contribution in [-0.4, -0.2) is 28.0 Å². The lowest BCUT2D eigenvalue weighted by atomic mass is 10.2. The largest absolute Gasteiger partial charge is 0.369 e. The van der Waals surface area contributed by atoms with Crippen LogP contribution in [0.25, 0.3) is 0 Å². The molecule has 0 spiro atoms. The van der Waals surface area contributed by atoms with Gasteiger partial charge in [0.05, 0.1) is 5.01 Å². The zero-order valence-corrected chi connectivity index (χ0v) is 13.3. The minimum atomic E-state index is 0.351. The highest BCUT2D eigenvalue weighted by Crippen LogP contribution is 2.27. The van der Waals surface area contributed by atoms with Crippen molar-refractivity contribution in [3.05, 3.63) is 27.4 Å². The molecule has 0 aromatic carbocycles. The van der Waals surface area contributed by atoms with E-state index in [0.29, 0.717) is 5.92 Å². The molecule has 0 bridgehead atoms. The molecule has 2 rings (SSSR count). The van der Waals surface area contributed by atoms with Gasteiger partial charge in [-0.05, 0) is 22.9 Å². The summed E-state index contributed by atoms with van der Waals surface area (Å²) >= 11 is 5.19. The summed E-state index contributed by atoms with van der Waals surface area (Å²) in [6, 6.07) is 0. The maximum atomic E-state index is 4.32. The summed E-state index contributed by atoms with van der Waals surface area (Å²) in [5.74, 6) is 1.96. The molecule has 19 heavy (non-hydrogen) atoms. The second kappa shape index (κ2) is 6.81. The van der Waals surface area contributed by atoms with Crippen LogP contribution in [0.3, 0.4) is 0 Å². The monoisotopic (exact) mass is 341 g/mol. The maximum Gasteiger partial charge on any atom is 0.145 e. The first-order chi connectivity index (χ1) is 9.22. The van der Waals surface area contributed by atoms with Crippen LogP contribution in [0.15, 0.2) is 22.4 Å². The molecule has 2 heterocycles. The first-order valence-corrected chi connectivity index (χ1v) is 7.77. The Kier molecular flexibility index (Phi) is 5.09. The number of anilines is 2. The predicted molar refractivity (Wildman–Crippen MR) is 82.9 cm³/mol. The van der Waals surface area contributed by atoms with Crippen molar-refractivity contribution < 1.29 is 0 Å². The zero-order valence-electron chi connectivity index (χ0n) is 10.9. The standard InChI is InChI=1S/C12H16BrN5S/c1-3-14-10-9(13)11(18-7-17-10)16-6-8(2)12-15-4-5-19-12/h4-5,7-8H,3,6H2,1-2H3,(H2,14,16,17,18). The molecule has 1 atom stereocenters. The Hall–Kier alpha value is -1.21. The Morgan fingerprint density at radius 3 is 2.63 bits per heavy atom. The molecule has 0 aliphatic heterocycles. The third-order valence-electron chi connectivity index (χ3n) is 2.58. The fourth-order valence-corrected chi connectivity index (χ4v) is 2.78. The van der Waals surface area contributed by atoms with Gasteiger partial charge in [-0.1, -0.05) is 6.92 Å². The first-order valence-electron chi connectivity index (χ1n) is 6.10. The van der Waals surface area contributed by atoms with E-state index in [0.717, 1.165) is 34.2 Å². The predicted octanol–water partition coefficient (Wildman–Crippen LogP) is 3.34. The van der Waals surface area contributed by atoms with Gasteiger partial charge in [0, 0.05) is 30.6 Å². The van der Waals surface area contributed by atoms with Gasteiger partial charge in [0.15, 0.2) is 0 Å². The lowest BCUT2D eigenvalue weighted by Crippen LogP contribution is -2.12. The molecule has 0 saturated heterocycles. The highest BCUT2D eigenvalue weighted by Gasteiger charge is 2.11. The quantitative estimate of drug-likeness (QED) is 0.843. The summed E-state index contributed by atoms with van der Waals surface area (Å²) in [5.41, 5.74) is 0. The van der Waals surface area contributed by atoms with Crippen molar-refractivity contribution in [2.24, 2.45) is 0 Å². The van der Waals surface area contributed by atoms with E-state index >= 15 is 0 Å². The van der Waals surface area contributed by atoms with E-state index in [1.54, 1.807) is 17.7 Å². The minimum absolute atomic E-state index is 0.351. The number of rotatable bonds is 6. The van der Waals surface area contributed by atoms with Gasteiger partial charge in [0.25, 0.3) is 0 Å². The van der Waals surface area contributed by atoms with Gasteiger partial charge in [-0.15, -0.1) is 11.3 Å². The van der Waals surface area contributed by atoms with E-state index < -0.39 is 0 Å². The molecule has 2 N–H and O–H groups in total. The molecule has 0 aliphatic rings. The number of hydrogen-bond donors (Lipinski definition) is 2. The van der Waals surface area contributed by atoms with Crippen molar-refractivity contribution in [1.82, 2.24) is 15.0 Å². The van der Waals surface area contributed by atoms with Crippen LogP contribution < -0.4 is 10.6 Å². The molecule has 0 fully saturated rings. The van der Waals surface area contributed by atoms with Crippen LogP contribution >= 0.6 is 27.3 Å². The molecule has 0 amide bonds. The summed E-state index contributed by atoms with van der Waals surface area (Å²) in [4.78, 5) is 12.8. The fraction of sp³-hybridized carbons (Fsp3) is 0.417. The van der Waals surface area contributed by atoms with E-state index in [1.165, 1.54) is 0 Å². The van der Waals surface area contributed by atoms with Gasteiger partial charge in [-0.3, -0.25) is 0 Å². The summed E-state index contributed by atoms with van der Waals surface area (Å²) in [6.45, 7) is 5.79. The molecular formula is C12H16BrN5S. The average molecular weight is 342 g/mol. The van der Waals surface area contributed by atoms with Gasteiger partial charge in [0.2, 0.25) is 0 Å². The second-order valence-electron chi connectivity index (χ2n) is 4.07.